The molecule has 0 bridgehead atoms. The summed E-state index contributed by atoms with van der Waals surface area (Å²) in [5.74, 6) is 0. The SMILES string of the molecule is Cc1ccc(C)c(NC(=S)NCCc2ccccn2)c1. The standard InChI is InChI=1S/C16H19N3S/c1-12-6-7-13(2)15(11-12)19-16(20)18-10-8-14-5-3-4-9-17-14/h3-7,9,11H,8,10H2,1-2H3,(H2,18,19,20). The molecule has 4 heteroatoms. The third kappa shape index (κ3) is 4.31. The van der Waals surface area contributed by atoms with E-state index in [1.165, 1.54) is 11.1 Å². The van der Waals surface area contributed by atoms with Crippen LogP contribution >= 0.6 is 12.2 Å². The van der Waals surface area contributed by atoms with Gasteiger partial charge in [0.15, 0.2) is 5.11 Å². The van der Waals surface area contributed by atoms with E-state index in [0.29, 0.717) is 5.11 Å². The lowest BCUT2D eigenvalue weighted by molar-refractivity contribution is 0.847. The molecular formula is C16H19N3S. The Morgan fingerprint density at radius 3 is 2.80 bits per heavy atom. The van der Waals surface area contributed by atoms with Crippen molar-refractivity contribution in [1.82, 2.24) is 10.3 Å². The fourth-order valence-corrected chi connectivity index (χ4v) is 2.10. The van der Waals surface area contributed by atoms with Gasteiger partial charge in [-0.3, -0.25) is 4.98 Å². The summed E-state index contributed by atoms with van der Waals surface area (Å²) in [5, 5.41) is 7.09. The molecule has 0 amide bonds. The minimum absolute atomic E-state index is 0.648. The smallest absolute Gasteiger partial charge is 0.170 e. The zero-order chi connectivity index (χ0) is 14.4. The summed E-state index contributed by atoms with van der Waals surface area (Å²) in [6, 6.07) is 12.2. The number of aryl methyl sites for hydroxylation is 2. The van der Waals surface area contributed by atoms with Gasteiger partial charge in [0.2, 0.25) is 0 Å². The van der Waals surface area contributed by atoms with Crippen molar-refractivity contribution < 1.29 is 0 Å². The van der Waals surface area contributed by atoms with Gasteiger partial charge in [0.25, 0.3) is 0 Å². The van der Waals surface area contributed by atoms with Crippen molar-refractivity contribution in [1.29, 1.82) is 0 Å². The first-order chi connectivity index (χ1) is 9.65. The highest BCUT2D eigenvalue weighted by Gasteiger charge is 2.01. The minimum Gasteiger partial charge on any atom is -0.362 e. The second-order valence-corrected chi connectivity index (χ2v) is 5.18. The van der Waals surface area contributed by atoms with Crippen molar-refractivity contribution in [3.05, 3.63) is 59.4 Å². The van der Waals surface area contributed by atoms with Crippen molar-refractivity contribution in [2.45, 2.75) is 20.3 Å². The zero-order valence-corrected chi connectivity index (χ0v) is 12.6. The topological polar surface area (TPSA) is 37.0 Å². The number of hydrogen-bond acceptors (Lipinski definition) is 2. The maximum absolute atomic E-state index is 5.31. The largest absolute Gasteiger partial charge is 0.362 e. The van der Waals surface area contributed by atoms with E-state index in [2.05, 4.69) is 47.7 Å². The first-order valence-electron chi connectivity index (χ1n) is 6.67. The Kier molecular flexibility index (Phi) is 5.07. The van der Waals surface area contributed by atoms with Gasteiger partial charge < -0.3 is 10.6 Å². The molecule has 2 rings (SSSR count). The van der Waals surface area contributed by atoms with E-state index < -0.39 is 0 Å². The van der Waals surface area contributed by atoms with E-state index in [0.717, 1.165) is 24.3 Å². The highest BCUT2D eigenvalue weighted by molar-refractivity contribution is 7.80. The van der Waals surface area contributed by atoms with Gasteiger partial charge in [0.05, 0.1) is 0 Å². The summed E-state index contributed by atoms with van der Waals surface area (Å²) in [4.78, 5) is 4.28. The van der Waals surface area contributed by atoms with Crippen LogP contribution in [0.3, 0.4) is 0 Å². The summed E-state index contributed by atoms with van der Waals surface area (Å²) in [5.41, 5.74) is 4.52. The van der Waals surface area contributed by atoms with Gasteiger partial charge in [0.1, 0.15) is 0 Å². The first kappa shape index (κ1) is 14.5. The molecule has 0 aliphatic carbocycles. The monoisotopic (exact) mass is 285 g/mol. The summed E-state index contributed by atoms with van der Waals surface area (Å²) in [7, 11) is 0. The molecule has 0 fully saturated rings. The molecule has 104 valence electrons. The Morgan fingerprint density at radius 2 is 2.05 bits per heavy atom. The average molecular weight is 285 g/mol. The molecule has 0 unspecified atom stereocenters. The number of nitrogens with zero attached hydrogens (tertiary/aromatic N) is 1. The molecule has 3 nitrogen and oxygen atoms in total. The van der Waals surface area contributed by atoms with Crippen LogP contribution in [0, 0.1) is 13.8 Å². The molecule has 2 N–H and O–H groups in total. The summed E-state index contributed by atoms with van der Waals surface area (Å²) < 4.78 is 0. The van der Waals surface area contributed by atoms with Crippen molar-refractivity contribution in [2.75, 3.05) is 11.9 Å². The summed E-state index contributed by atoms with van der Waals surface area (Å²) in [6.45, 7) is 4.91. The second kappa shape index (κ2) is 7.01. The number of anilines is 1. The predicted molar refractivity (Wildman–Crippen MR) is 88.1 cm³/mol. The van der Waals surface area contributed by atoms with E-state index in [9.17, 15) is 0 Å². The number of hydrogen-bond donors (Lipinski definition) is 2. The predicted octanol–water partition coefficient (Wildman–Crippen LogP) is 3.23. The lowest BCUT2D eigenvalue weighted by atomic mass is 10.1. The van der Waals surface area contributed by atoms with Gasteiger partial charge in [0, 0.05) is 30.5 Å². The lowest BCUT2D eigenvalue weighted by Gasteiger charge is -2.13. The van der Waals surface area contributed by atoms with Crippen LogP contribution in [0.2, 0.25) is 0 Å². The van der Waals surface area contributed by atoms with E-state index in [4.69, 9.17) is 12.2 Å². The van der Waals surface area contributed by atoms with E-state index in [1.54, 1.807) is 0 Å². The number of pyridine rings is 1. The van der Waals surface area contributed by atoms with Crippen LogP contribution in [0.25, 0.3) is 0 Å². The maximum Gasteiger partial charge on any atom is 0.170 e. The molecule has 0 atom stereocenters. The van der Waals surface area contributed by atoms with Gasteiger partial charge in [-0.25, -0.2) is 0 Å². The molecule has 2 aromatic rings. The van der Waals surface area contributed by atoms with Gasteiger partial charge in [-0.05, 0) is 55.4 Å². The average Bonchev–Trinajstić information content (AvgIpc) is 2.44. The fraction of sp³-hybridized carbons (Fsp3) is 0.250. The minimum atomic E-state index is 0.648. The quantitative estimate of drug-likeness (QED) is 0.846. The molecule has 0 radical (unpaired) electrons. The molecule has 0 aliphatic heterocycles. The molecular weight excluding hydrogens is 266 g/mol. The zero-order valence-electron chi connectivity index (χ0n) is 11.8. The summed E-state index contributed by atoms with van der Waals surface area (Å²) >= 11 is 5.31. The molecule has 0 saturated carbocycles. The molecule has 1 heterocycles. The van der Waals surface area contributed by atoms with E-state index >= 15 is 0 Å². The second-order valence-electron chi connectivity index (χ2n) is 4.77. The summed E-state index contributed by atoms with van der Waals surface area (Å²) in [6.07, 6.45) is 2.66. The van der Waals surface area contributed by atoms with Gasteiger partial charge >= 0.3 is 0 Å². The van der Waals surface area contributed by atoms with Gasteiger partial charge in [-0.2, -0.15) is 0 Å². The Bertz CT molecular complexity index is 582. The van der Waals surface area contributed by atoms with Crippen LogP contribution in [0.1, 0.15) is 16.8 Å². The van der Waals surface area contributed by atoms with Crippen LogP contribution < -0.4 is 10.6 Å². The van der Waals surface area contributed by atoms with Crippen molar-refractivity contribution >= 4 is 23.0 Å². The lowest BCUT2D eigenvalue weighted by Crippen LogP contribution is -2.30. The fourth-order valence-electron chi connectivity index (χ4n) is 1.89. The van der Waals surface area contributed by atoms with Crippen molar-refractivity contribution in [3.63, 3.8) is 0 Å². The molecule has 1 aromatic carbocycles. The molecule has 20 heavy (non-hydrogen) atoms. The van der Waals surface area contributed by atoms with Crippen LogP contribution in [-0.4, -0.2) is 16.6 Å². The van der Waals surface area contributed by atoms with Crippen molar-refractivity contribution in [2.24, 2.45) is 0 Å². The van der Waals surface area contributed by atoms with Crippen molar-refractivity contribution in [3.8, 4) is 0 Å². The van der Waals surface area contributed by atoms with Crippen LogP contribution in [-0.2, 0) is 6.42 Å². The molecule has 0 aliphatic rings. The number of rotatable bonds is 4. The van der Waals surface area contributed by atoms with Gasteiger partial charge in [-0.1, -0.05) is 18.2 Å². The van der Waals surface area contributed by atoms with E-state index in [-0.39, 0.29) is 0 Å². The Balaban J connectivity index is 1.82. The van der Waals surface area contributed by atoms with Gasteiger partial charge in [-0.15, -0.1) is 0 Å². The normalized spacial score (nSPS) is 10.1. The van der Waals surface area contributed by atoms with Crippen LogP contribution in [0.4, 0.5) is 5.69 Å². The first-order valence-corrected chi connectivity index (χ1v) is 7.08. The number of nitrogens with one attached hydrogen (secondary N) is 2. The third-order valence-electron chi connectivity index (χ3n) is 3.03. The Morgan fingerprint density at radius 1 is 1.20 bits per heavy atom. The van der Waals surface area contributed by atoms with E-state index in [1.807, 2.05) is 24.4 Å². The number of benzene rings is 1. The Labute approximate surface area is 125 Å². The highest BCUT2D eigenvalue weighted by atomic mass is 32.1. The molecule has 0 spiro atoms. The number of aromatic nitrogens is 1. The van der Waals surface area contributed by atoms with Crippen LogP contribution in [0.5, 0.6) is 0 Å². The highest BCUT2D eigenvalue weighted by Crippen LogP contribution is 2.15. The number of thiocarbonyl (C=S) groups is 1. The third-order valence-corrected chi connectivity index (χ3v) is 3.28. The molecule has 1 aromatic heterocycles. The maximum atomic E-state index is 5.31. The van der Waals surface area contributed by atoms with Crippen LogP contribution in [0.15, 0.2) is 42.6 Å². The Hall–Kier alpha value is -1.94. The molecule has 0 saturated heterocycles.